The second kappa shape index (κ2) is 7.98. The number of ether oxygens (including phenoxy) is 2. The third-order valence-electron chi connectivity index (χ3n) is 4.72. The molecule has 0 amide bonds. The standard InChI is InChI=1S/C21H23N3O2S/c1-25-17-7-3-15(4-8-17)19-20(16-5-9-18(26-2)10-6-16)27-21(23-19)24-13-11-22-12-14-24/h3-10,22H,11-14H2,1-2H3. The molecule has 0 saturated carbocycles. The van der Waals surface area contributed by atoms with Crippen molar-refractivity contribution in [2.24, 2.45) is 0 Å². The minimum Gasteiger partial charge on any atom is -0.497 e. The van der Waals surface area contributed by atoms with Crippen LogP contribution in [0.2, 0.25) is 0 Å². The molecule has 0 radical (unpaired) electrons. The van der Waals surface area contributed by atoms with Gasteiger partial charge in [-0.3, -0.25) is 0 Å². The van der Waals surface area contributed by atoms with Crippen molar-refractivity contribution in [3.63, 3.8) is 0 Å². The summed E-state index contributed by atoms with van der Waals surface area (Å²) < 4.78 is 10.6. The van der Waals surface area contributed by atoms with Crippen LogP contribution in [-0.4, -0.2) is 45.4 Å². The highest BCUT2D eigenvalue weighted by molar-refractivity contribution is 7.19. The molecule has 0 spiro atoms. The molecule has 3 aromatic rings. The number of benzene rings is 2. The predicted molar refractivity (Wildman–Crippen MR) is 111 cm³/mol. The zero-order valence-corrected chi connectivity index (χ0v) is 16.4. The SMILES string of the molecule is COc1ccc(-c2nc(N3CCNCC3)sc2-c2ccc(OC)cc2)cc1. The molecule has 2 aromatic carbocycles. The molecule has 5 nitrogen and oxygen atoms in total. The van der Waals surface area contributed by atoms with Gasteiger partial charge in [-0.15, -0.1) is 0 Å². The lowest BCUT2D eigenvalue weighted by molar-refractivity contribution is 0.414. The molecule has 6 heteroatoms. The van der Waals surface area contributed by atoms with Crippen LogP contribution in [-0.2, 0) is 0 Å². The number of methoxy groups -OCH3 is 2. The number of hydrogen-bond acceptors (Lipinski definition) is 6. The molecular weight excluding hydrogens is 358 g/mol. The van der Waals surface area contributed by atoms with Gasteiger partial charge in [0.05, 0.1) is 24.8 Å². The summed E-state index contributed by atoms with van der Waals surface area (Å²) in [5, 5.41) is 4.48. The molecule has 0 bridgehead atoms. The Kier molecular flexibility index (Phi) is 5.27. The largest absolute Gasteiger partial charge is 0.497 e. The van der Waals surface area contributed by atoms with E-state index in [9.17, 15) is 0 Å². The van der Waals surface area contributed by atoms with Crippen molar-refractivity contribution in [1.29, 1.82) is 0 Å². The molecule has 140 valence electrons. The first-order valence-corrected chi connectivity index (χ1v) is 9.85. The summed E-state index contributed by atoms with van der Waals surface area (Å²) in [6.07, 6.45) is 0. The van der Waals surface area contributed by atoms with Gasteiger partial charge in [0, 0.05) is 31.7 Å². The number of nitrogens with one attached hydrogen (secondary N) is 1. The van der Waals surface area contributed by atoms with E-state index in [4.69, 9.17) is 14.5 Å². The van der Waals surface area contributed by atoms with Crippen molar-refractivity contribution in [3.05, 3.63) is 48.5 Å². The summed E-state index contributed by atoms with van der Waals surface area (Å²) in [6, 6.07) is 16.3. The van der Waals surface area contributed by atoms with Crippen molar-refractivity contribution in [2.75, 3.05) is 45.3 Å². The Labute approximate surface area is 163 Å². The average Bonchev–Trinajstić information content (AvgIpc) is 3.20. The maximum Gasteiger partial charge on any atom is 0.186 e. The highest BCUT2D eigenvalue weighted by atomic mass is 32.1. The van der Waals surface area contributed by atoms with Crippen LogP contribution in [0.3, 0.4) is 0 Å². The molecule has 1 aliphatic rings. The average molecular weight is 382 g/mol. The summed E-state index contributed by atoms with van der Waals surface area (Å²) in [7, 11) is 3.37. The van der Waals surface area contributed by atoms with Crippen molar-refractivity contribution < 1.29 is 9.47 Å². The van der Waals surface area contributed by atoms with Crippen LogP contribution in [0.4, 0.5) is 5.13 Å². The Morgan fingerprint density at radius 2 is 1.41 bits per heavy atom. The number of hydrogen-bond donors (Lipinski definition) is 1. The third-order valence-corrected chi connectivity index (χ3v) is 5.88. The van der Waals surface area contributed by atoms with E-state index in [1.54, 1.807) is 25.6 Å². The fraction of sp³-hybridized carbons (Fsp3) is 0.286. The maximum atomic E-state index is 5.30. The highest BCUT2D eigenvalue weighted by Gasteiger charge is 2.20. The van der Waals surface area contributed by atoms with E-state index in [0.29, 0.717) is 0 Å². The first-order chi connectivity index (χ1) is 13.3. The molecule has 2 heterocycles. The number of thiazole rings is 1. The van der Waals surface area contributed by atoms with Gasteiger partial charge in [-0.1, -0.05) is 11.3 Å². The monoisotopic (exact) mass is 381 g/mol. The number of anilines is 1. The lowest BCUT2D eigenvalue weighted by atomic mass is 10.1. The second-order valence-corrected chi connectivity index (χ2v) is 7.35. The van der Waals surface area contributed by atoms with Crippen LogP contribution in [0.15, 0.2) is 48.5 Å². The molecule has 0 aliphatic carbocycles. The van der Waals surface area contributed by atoms with Crippen molar-refractivity contribution >= 4 is 16.5 Å². The fourth-order valence-electron chi connectivity index (χ4n) is 3.18. The summed E-state index contributed by atoms with van der Waals surface area (Å²) in [4.78, 5) is 8.56. The van der Waals surface area contributed by atoms with Crippen LogP contribution < -0.4 is 19.7 Å². The van der Waals surface area contributed by atoms with E-state index < -0.39 is 0 Å². The molecule has 1 aromatic heterocycles. The third kappa shape index (κ3) is 3.77. The van der Waals surface area contributed by atoms with Crippen LogP contribution in [0, 0.1) is 0 Å². The first-order valence-electron chi connectivity index (χ1n) is 9.04. The predicted octanol–water partition coefficient (Wildman–Crippen LogP) is 3.90. The topological polar surface area (TPSA) is 46.6 Å². The van der Waals surface area contributed by atoms with Crippen LogP contribution in [0.1, 0.15) is 0 Å². The smallest absolute Gasteiger partial charge is 0.186 e. The van der Waals surface area contributed by atoms with Crippen LogP contribution in [0.25, 0.3) is 21.7 Å². The van der Waals surface area contributed by atoms with Crippen LogP contribution in [0.5, 0.6) is 11.5 Å². The zero-order chi connectivity index (χ0) is 18.6. The van der Waals surface area contributed by atoms with E-state index in [1.807, 2.05) is 24.3 Å². The normalized spacial score (nSPS) is 14.2. The molecule has 1 aliphatic heterocycles. The van der Waals surface area contributed by atoms with Crippen molar-refractivity contribution in [2.45, 2.75) is 0 Å². The van der Waals surface area contributed by atoms with Gasteiger partial charge in [-0.05, 0) is 54.1 Å². The molecule has 1 N–H and O–H groups in total. The van der Waals surface area contributed by atoms with Gasteiger partial charge in [-0.2, -0.15) is 0 Å². The fourth-order valence-corrected chi connectivity index (χ4v) is 4.33. The summed E-state index contributed by atoms with van der Waals surface area (Å²) in [5.74, 6) is 1.71. The molecule has 0 unspecified atom stereocenters. The molecule has 1 fully saturated rings. The molecule has 0 atom stereocenters. The lowest BCUT2D eigenvalue weighted by Gasteiger charge is -2.26. The Balaban J connectivity index is 1.77. The number of rotatable bonds is 5. The van der Waals surface area contributed by atoms with Gasteiger partial charge in [-0.25, -0.2) is 4.98 Å². The summed E-state index contributed by atoms with van der Waals surface area (Å²) in [6.45, 7) is 3.96. The van der Waals surface area contributed by atoms with E-state index in [2.05, 4.69) is 34.5 Å². The van der Waals surface area contributed by atoms with Gasteiger partial charge >= 0.3 is 0 Å². The van der Waals surface area contributed by atoms with Gasteiger partial charge in [0.2, 0.25) is 0 Å². The lowest BCUT2D eigenvalue weighted by Crippen LogP contribution is -2.43. The van der Waals surface area contributed by atoms with E-state index in [1.165, 1.54) is 4.88 Å². The zero-order valence-electron chi connectivity index (χ0n) is 15.6. The summed E-state index contributed by atoms with van der Waals surface area (Å²) in [5.41, 5.74) is 3.26. The quantitative estimate of drug-likeness (QED) is 0.726. The first kappa shape index (κ1) is 17.8. The van der Waals surface area contributed by atoms with Gasteiger partial charge in [0.15, 0.2) is 5.13 Å². The highest BCUT2D eigenvalue weighted by Crippen LogP contribution is 2.41. The van der Waals surface area contributed by atoms with Gasteiger partial charge in [0.1, 0.15) is 11.5 Å². The number of piperazine rings is 1. The molecule has 4 rings (SSSR count). The van der Waals surface area contributed by atoms with E-state index in [-0.39, 0.29) is 0 Å². The second-order valence-electron chi connectivity index (χ2n) is 6.37. The Bertz CT molecular complexity index is 820. The van der Waals surface area contributed by atoms with Crippen LogP contribution >= 0.6 is 11.3 Å². The van der Waals surface area contributed by atoms with Crippen molar-refractivity contribution in [1.82, 2.24) is 10.3 Å². The van der Waals surface area contributed by atoms with Gasteiger partial charge < -0.3 is 19.7 Å². The minimum atomic E-state index is 0.849. The summed E-state index contributed by atoms with van der Waals surface area (Å²) >= 11 is 1.75. The molecule has 1 saturated heterocycles. The minimum absolute atomic E-state index is 0.849. The molecular formula is C21H23N3O2S. The number of nitrogens with zero attached hydrogens (tertiary/aromatic N) is 2. The van der Waals surface area contributed by atoms with E-state index in [0.717, 1.165) is 59.6 Å². The number of aromatic nitrogens is 1. The van der Waals surface area contributed by atoms with E-state index >= 15 is 0 Å². The Morgan fingerprint density at radius 3 is 1.96 bits per heavy atom. The molecule has 27 heavy (non-hydrogen) atoms. The van der Waals surface area contributed by atoms with Gasteiger partial charge in [0.25, 0.3) is 0 Å². The Morgan fingerprint density at radius 1 is 0.852 bits per heavy atom. The van der Waals surface area contributed by atoms with Crippen molar-refractivity contribution in [3.8, 4) is 33.2 Å². The Hall–Kier alpha value is -2.57. The maximum absolute atomic E-state index is 5.30.